The third-order valence-electron chi connectivity index (χ3n) is 12.6. The number of tetrazole rings is 2. The van der Waals surface area contributed by atoms with Crippen LogP contribution in [0.1, 0.15) is 145 Å². The average Bonchev–Trinajstić information content (AvgIpc) is 4.18. The van der Waals surface area contributed by atoms with E-state index in [9.17, 15) is 26.4 Å². The number of amides is 2. The Hall–Kier alpha value is -4.78. The van der Waals surface area contributed by atoms with Crippen LogP contribution < -0.4 is 14.8 Å². The Bertz CT molecular complexity index is 2610. The summed E-state index contributed by atoms with van der Waals surface area (Å²) in [6.07, 6.45) is 14.0. The second-order valence-corrected chi connectivity index (χ2v) is 25.5. The lowest BCUT2D eigenvalue weighted by Gasteiger charge is -2.25. The molecule has 408 valence electrons. The molecule has 0 spiro atoms. The molecule has 0 bridgehead atoms. The number of ether oxygens (including phenoxy) is 2. The first-order chi connectivity index (χ1) is 33.5. The van der Waals surface area contributed by atoms with E-state index in [0.29, 0.717) is 59.1 Å². The molecule has 2 unspecified atom stereocenters. The summed E-state index contributed by atoms with van der Waals surface area (Å²) in [6, 6.07) is 10.4. The number of carbonyl (C=O) groups excluding carboxylic acids is 2. The van der Waals surface area contributed by atoms with Crippen molar-refractivity contribution in [3.63, 3.8) is 0 Å². The Kier molecular flexibility index (Phi) is 22.2. The second-order valence-electron chi connectivity index (χ2n) is 20.5. The van der Waals surface area contributed by atoms with Gasteiger partial charge in [0.05, 0.1) is 15.8 Å². The summed E-state index contributed by atoms with van der Waals surface area (Å²) in [7, 11) is -4.35. The minimum Gasteiger partial charge on any atom is -0.444 e. The zero-order chi connectivity index (χ0) is 51.6. The van der Waals surface area contributed by atoms with Gasteiger partial charge in [0.25, 0.3) is 0 Å². The first kappa shape index (κ1) is 60.8. The topological polar surface area (TPSA) is 262 Å². The summed E-state index contributed by atoms with van der Waals surface area (Å²) in [5.74, 6) is 1.35. The van der Waals surface area contributed by atoms with E-state index in [-0.39, 0.29) is 48.5 Å². The van der Waals surface area contributed by atoms with Gasteiger partial charge in [-0.1, -0.05) is 88.2 Å². The number of alkyl halides is 1. The highest BCUT2D eigenvalue weighted by atomic mass is 79.9. The van der Waals surface area contributed by atoms with E-state index in [4.69, 9.17) is 9.47 Å². The van der Waals surface area contributed by atoms with Crippen molar-refractivity contribution >= 4 is 53.9 Å². The molecule has 0 radical (unpaired) electrons. The number of H-pyrrole nitrogens is 1. The van der Waals surface area contributed by atoms with Gasteiger partial charge in [-0.25, -0.2) is 35.9 Å². The lowest BCUT2D eigenvalue weighted by atomic mass is 9.84. The van der Waals surface area contributed by atoms with E-state index in [0.717, 1.165) is 50.0 Å². The first-order valence-corrected chi connectivity index (χ1v) is 28.5. The third-order valence-corrected chi connectivity index (χ3v) is 16.2. The highest BCUT2D eigenvalue weighted by Gasteiger charge is 2.33. The van der Waals surface area contributed by atoms with Gasteiger partial charge in [0.15, 0.2) is 0 Å². The molecule has 24 heteroatoms. The number of aromatic nitrogens is 8. The zero-order valence-electron chi connectivity index (χ0n) is 42.3. The smallest absolute Gasteiger partial charge is 0.410 e. The predicted molar refractivity (Wildman–Crippen MR) is 286 cm³/mol. The molecule has 8 rings (SSSR count). The number of likely N-dealkylation sites (tertiary alicyclic amines) is 2. The summed E-state index contributed by atoms with van der Waals surface area (Å²) in [6.45, 7) is 13.7. The van der Waals surface area contributed by atoms with Crippen LogP contribution in [0.3, 0.4) is 0 Å². The highest BCUT2D eigenvalue weighted by molar-refractivity contribution is 9.09. The van der Waals surface area contributed by atoms with Gasteiger partial charge in [-0.15, -0.1) is 20.4 Å². The number of hydrogen-bond donors (Lipinski definition) is 4. The molecule has 2 aromatic heterocycles. The second kappa shape index (κ2) is 26.6. The van der Waals surface area contributed by atoms with Gasteiger partial charge >= 0.3 is 12.2 Å². The van der Waals surface area contributed by atoms with Gasteiger partial charge < -0.3 is 24.6 Å². The van der Waals surface area contributed by atoms with E-state index in [1.54, 1.807) is 44.9 Å². The highest BCUT2D eigenvalue weighted by Crippen LogP contribution is 2.34. The van der Waals surface area contributed by atoms with Crippen molar-refractivity contribution in [3.05, 3.63) is 42.0 Å². The maximum Gasteiger partial charge on any atom is 0.410 e. The van der Waals surface area contributed by atoms with Crippen LogP contribution in [0.5, 0.6) is 0 Å². The molecule has 21 nitrogen and oxygen atoms in total. The number of benzene rings is 2. The number of nitrogens with zero attached hydrogens (tertiary/aromatic N) is 9. The van der Waals surface area contributed by atoms with Crippen LogP contribution in [0.4, 0.5) is 15.3 Å². The first-order valence-electron chi connectivity index (χ1n) is 24.6. The molecule has 2 amide bonds. The van der Waals surface area contributed by atoms with Crippen LogP contribution in [-0.4, -0.2) is 142 Å². The van der Waals surface area contributed by atoms with Gasteiger partial charge in [0.2, 0.25) is 31.7 Å². The van der Waals surface area contributed by atoms with Crippen LogP contribution in [0, 0.1) is 5.92 Å². The van der Waals surface area contributed by atoms with E-state index in [1.165, 1.54) is 65.5 Å². The van der Waals surface area contributed by atoms with E-state index in [1.807, 2.05) is 47.6 Å². The van der Waals surface area contributed by atoms with E-state index >= 15 is 0 Å². The molecule has 73 heavy (non-hydrogen) atoms. The minimum absolute atomic E-state index is 0. The Morgan fingerprint density at radius 3 is 1.79 bits per heavy atom. The molecule has 4 heterocycles. The van der Waals surface area contributed by atoms with E-state index < -0.39 is 25.6 Å². The number of nitrogens with one attached hydrogen (secondary N) is 4. The van der Waals surface area contributed by atoms with Crippen molar-refractivity contribution in [2.75, 3.05) is 45.6 Å². The lowest BCUT2D eigenvalue weighted by molar-refractivity contribution is 0.0280. The third kappa shape index (κ3) is 17.7. The zero-order valence-corrected chi connectivity index (χ0v) is 45.5. The molecule has 4 aromatic rings. The number of anilines is 1. The molecule has 2 saturated carbocycles. The Morgan fingerprint density at radius 1 is 0.712 bits per heavy atom. The molecule has 4 N–H and O–H groups in total. The van der Waals surface area contributed by atoms with Crippen LogP contribution in [0.25, 0.3) is 22.8 Å². The SMILES string of the molecule is C.C.CC(C)(C)OC(=O)N1CCC(Br)C1.CNS(=O)(=O)c1ccc(CC2CCCCC2)c(-c2nnn(C3CCN(C(=O)OC(C)(C)C)C3)n2)c1.CNS(=O)(=O)c1ccc(NC2CCCCC2)c(-c2nn[nH]n2)c1. The molecule has 2 atom stereocenters. The summed E-state index contributed by atoms with van der Waals surface area (Å²) in [4.78, 5) is 29.7. The van der Waals surface area contributed by atoms with Crippen LogP contribution in [-0.2, 0) is 35.9 Å². The lowest BCUT2D eigenvalue weighted by Crippen LogP contribution is -2.35. The largest absolute Gasteiger partial charge is 0.444 e. The Balaban J connectivity index is 0.000000261. The van der Waals surface area contributed by atoms with Crippen molar-refractivity contribution in [1.29, 1.82) is 0 Å². The Labute approximate surface area is 441 Å². The normalized spacial score (nSPS) is 18.8. The predicted octanol–water partition coefficient (Wildman–Crippen LogP) is 8.74. The molecule has 4 aliphatic rings. The van der Waals surface area contributed by atoms with Crippen LogP contribution >= 0.6 is 15.9 Å². The minimum atomic E-state index is -3.61. The van der Waals surface area contributed by atoms with Gasteiger partial charge in [-0.2, -0.15) is 10.0 Å². The molecular formula is C49H80BrN13O8S2. The van der Waals surface area contributed by atoms with Gasteiger partial charge in [0.1, 0.15) is 11.2 Å². The monoisotopic (exact) mass is 1120 g/mol. The van der Waals surface area contributed by atoms with Gasteiger partial charge in [-0.3, -0.25) is 0 Å². The Morgan fingerprint density at radius 2 is 1.26 bits per heavy atom. The quantitative estimate of drug-likeness (QED) is 0.102. The molecule has 2 saturated heterocycles. The summed E-state index contributed by atoms with van der Waals surface area (Å²) >= 11 is 3.48. The van der Waals surface area contributed by atoms with Crippen molar-refractivity contribution in [3.8, 4) is 22.8 Å². The van der Waals surface area contributed by atoms with Crippen LogP contribution in [0.2, 0.25) is 0 Å². The average molecular weight is 1120 g/mol. The van der Waals surface area contributed by atoms with Crippen molar-refractivity contribution in [2.24, 2.45) is 5.92 Å². The number of aromatic amines is 1. The van der Waals surface area contributed by atoms with Crippen molar-refractivity contribution in [2.45, 2.75) is 178 Å². The fourth-order valence-corrected chi connectivity index (χ4v) is 11.0. The van der Waals surface area contributed by atoms with Crippen molar-refractivity contribution in [1.82, 2.24) is 60.1 Å². The molecule has 2 aliphatic carbocycles. The molecule has 2 aromatic carbocycles. The number of sulfonamides is 2. The fourth-order valence-electron chi connectivity index (χ4n) is 8.91. The number of rotatable bonds is 11. The maximum absolute atomic E-state index is 12.5. The van der Waals surface area contributed by atoms with Crippen molar-refractivity contribution < 1.29 is 35.9 Å². The molecule has 2 aliphatic heterocycles. The van der Waals surface area contributed by atoms with Gasteiger partial charge in [0, 0.05) is 53.9 Å². The number of carbonyl (C=O) groups is 2. The number of halogens is 1. The summed E-state index contributed by atoms with van der Waals surface area (Å²) in [5, 5.41) is 30.7. The van der Waals surface area contributed by atoms with Gasteiger partial charge in [-0.05, 0) is 140 Å². The molecular weight excluding hydrogens is 1040 g/mol. The maximum atomic E-state index is 12.5. The van der Waals surface area contributed by atoms with Crippen LogP contribution in [0.15, 0.2) is 46.2 Å². The number of hydrogen-bond acceptors (Lipinski definition) is 15. The molecule has 4 fully saturated rings. The standard InChI is InChI=1S/C24H36N6O4S.C14H20N6O2S.C9H16BrNO2.2CH4/c1-24(2,3)34-23(31)29-13-12-19(16-29)30-27-22(26-28-30)21-15-20(35(32,33)25-4)11-10-18(21)14-17-8-6-5-7-9-17;1-15-23(21,22)11-7-8-13(16-10-5-3-2-4-6-10)12(9-11)14-17-19-20-18-14;1-9(2,3)13-8(12)11-5-4-7(10)6-11;;/h10-11,15,17,19,25H,5-9,12-14,16H2,1-4H3;7-10,15-16H,2-6H2,1H3,(H,17,18,19,20);7H,4-6H2,1-3H3;2*1H4. The van der Waals surface area contributed by atoms with E-state index in [2.05, 4.69) is 66.7 Å². The summed E-state index contributed by atoms with van der Waals surface area (Å²) in [5.41, 5.74) is 2.24. The summed E-state index contributed by atoms with van der Waals surface area (Å²) < 4.78 is 64.4. The fraction of sp³-hybridized carbons (Fsp3) is 0.673.